The first-order valence-electron chi connectivity index (χ1n) is 5.29. The lowest BCUT2D eigenvalue weighted by atomic mass is 9.83. The van der Waals surface area contributed by atoms with Crippen LogP contribution in [0.5, 0.6) is 0 Å². The van der Waals surface area contributed by atoms with E-state index in [1.807, 2.05) is 0 Å². The fraction of sp³-hybridized carbons (Fsp3) is 0.636. The fourth-order valence-corrected chi connectivity index (χ4v) is 1.91. The molecule has 0 aromatic carbocycles. The molecule has 1 aromatic rings. The maximum atomic E-state index is 5.70. The zero-order valence-corrected chi connectivity index (χ0v) is 9.96. The summed E-state index contributed by atoms with van der Waals surface area (Å²) < 4.78 is 0. The molecule has 82 valence electrons. The Hall–Kier alpha value is -0.830. The lowest BCUT2D eigenvalue weighted by Gasteiger charge is -2.37. The molecule has 0 N–H and O–H groups in total. The van der Waals surface area contributed by atoms with Crippen molar-refractivity contribution < 1.29 is 0 Å². The SMILES string of the molecule is CC1(C)CCN(c2cnc(Cl)cn2)CC1. The van der Waals surface area contributed by atoms with Gasteiger partial charge in [-0.15, -0.1) is 0 Å². The van der Waals surface area contributed by atoms with Crippen molar-refractivity contribution in [3.8, 4) is 0 Å². The summed E-state index contributed by atoms with van der Waals surface area (Å²) in [5.74, 6) is 0.940. The molecule has 1 aromatic heterocycles. The van der Waals surface area contributed by atoms with E-state index in [4.69, 9.17) is 11.6 Å². The van der Waals surface area contributed by atoms with E-state index in [0.29, 0.717) is 10.6 Å². The maximum Gasteiger partial charge on any atom is 0.147 e. The third-order valence-electron chi connectivity index (χ3n) is 3.05. The van der Waals surface area contributed by atoms with E-state index in [9.17, 15) is 0 Å². The maximum absolute atomic E-state index is 5.70. The summed E-state index contributed by atoms with van der Waals surface area (Å²) in [6, 6.07) is 0. The topological polar surface area (TPSA) is 29.0 Å². The zero-order valence-electron chi connectivity index (χ0n) is 9.20. The van der Waals surface area contributed by atoms with Crippen LogP contribution in [0.4, 0.5) is 5.82 Å². The highest BCUT2D eigenvalue weighted by molar-refractivity contribution is 6.29. The number of nitrogens with zero attached hydrogens (tertiary/aromatic N) is 3. The number of piperidine rings is 1. The molecule has 0 atom stereocenters. The van der Waals surface area contributed by atoms with Crippen LogP contribution >= 0.6 is 11.6 Å². The minimum Gasteiger partial charge on any atom is -0.355 e. The highest BCUT2D eigenvalue weighted by atomic mass is 35.5. The van der Waals surface area contributed by atoms with Crippen LogP contribution in [0, 0.1) is 5.41 Å². The number of hydrogen-bond acceptors (Lipinski definition) is 3. The van der Waals surface area contributed by atoms with Gasteiger partial charge in [0.2, 0.25) is 0 Å². The summed E-state index contributed by atoms with van der Waals surface area (Å²) in [4.78, 5) is 10.6. The fourth-order valence-electron chi connectivity index (χ4n) is 1.81. The highest BCUT2D eigenvalue weighted by Gasteiger charge is 2.25. The Morgan fingerprint density at radius 3 is 2.40 bits per heavy atom. The van der Waals surface area contributed by atoms with Crippen molar-refractivity contribution in [2.45, 2.75) is 26.7 Å². The number of hydrogen-bond donors (Lipinski definition) is 0. The van der Waals surface area contributed by atoms with Crippen LogP contribution in [0.15, 0.2) is 12.4 Å². The molecule has 2 heterocycles. The summed E-state index contributed by atoms with van der Waals surface area (Å²) >= 11 is 5.70. The third kappa shape index (κ3) is 2.59. The van der Waals surface area contributed by atoms with Crippen LogP contribution in [0.2, 0.25) is 5.15 Å². The molecule has 0 spiro atoms. The molecule has 3 nitrogen and oxygen atoms in total. The third-order valence-corrected chi connectivity index (χ3v) is 3.24. The van der Waals surface area contributed by atoms with Crippen molar-refractivity contribution in [2.24, 2.45) is 5.41 Å². The van der Waals surface area contributed by atoms with Gasteiger partial charge in [0.25, 0.3) is 0 Å². The Morgan fingerprint density at radius 2 is 1.87 bits per heavy atom. The Balaban J connectivity index is 2.04. The van der Waals surface area contributed by atoms with Gasteiger partial charge in [0.15, 0.2) is 0 Å². The van der Waals surface area contributed by atoms with E-state index in [1.54, 1.807) is 12.4 Å². The molecule has 0 aliphatic carbocycles. The van der Waals surface area contributed by atoms with Crippen molar-refractivity contribution in [2.75, 3.05) is 18.0 Å². The van der Waals surface area contributed by atoms with Gasteiger partial charge < -0.3 is 4.90 Å². The minimum absolute atomic E-state index is 0.455. The van der Waals surface area contributed by atoms with Crippen molar-refractivity contribution in [3.05, 3.63) is 17.5 Å². The Bertz CT molecular complexity index is 324. The van der Waals surface area contributed by atoms with Crippen molar-refractivity contribution in [1.82, 2.24) is 9.97 Å². The van der Waals surface area contributed by atoms with Gasteiger partial charge in [-0.05, 0) is 18.3 Å². The average molecular weight is 226 g/mol. The van der Waals surface area contributed by atoms with Crippen LogP contribution in [0.25, 0.3) is 0 Å². The molecule has 1 aliphatic rings. The first-order chi connectivity index (χ1) is 7.07. The van der Waals surface area contributed by atoms with Gasteiger partial charge in [-0.2, -0.15) is 0 Å². The quantitative estimate of drug-likeness (QED) is 0.736. The largest absolute Gasteiger partial charge is 0.355 e. The lowest BCUT2D eigenvalue weighted by Crippen LogP contribution is -2.37. The molecular weight excluding hydrogens is 210 g/mol. The predicted octanol–water partition coefficient (Wildman–Crippen LogP) is 2.76. The second-order valence-corrected chi connectivity index (χ2v) is 5.24. The van der Waals surface area contributed by atoms with Gasteiger partial charge >= 0.3 is 0 Å². The Labute approximate surface area is 95.5 Å². The minimum atomic E-state index is 0.455. The summed E-state index contributed by atoms with van der Waals surface area (Å²) in [5.41, 5.74) is 0.469. The number of aromatic nitrogens is 2. The van der Waals surface area contributed by atoms with Crippen LogP contribution in [-0.4, -0.2) is 23.1 Å². The normalized spacial score (nSPS) is 20.3. The Kier molecular flexibility index (Phi) is 2.83. The highest BCUT2D eigenvalue weighted by Crippen LogP contribution is 2.31. The molecule has 0 bridgehead atoms. The molecule has 0 radical (unpaired) electrons. The molecule has 0 saturated carbocycles. The standard InChI is InChI=1S/C11H16ClN3/c1-11(2)3-5-15(6-4-11)10-8-13-9(12)7-14-10/h7-8H,3-6H2,1-2H3. The second-order valence-electron chi connectivity index (χ2n) is 4.85. The van der Waals surface area contributed by atoms with Crippen LogP contribution in [-0.2, 0) is 0 Å². The van der Waals surface area contributed by atoms with Crippen molar-refractivity contribution in [3.63, 3.8) is 0 Å². The van der Waals surface area contributed by atoms with Gasteiger partial charge in [0, 0.05) is 13.1 Å². The molecule has 1 aliphatic heterocycles. The van der Waals surface area contributed by atoms with E-state index in [0.717, 1.165) is 18.9 Å². The molecule has 0 amide bonds. The molecule has 2 rings (SSSR count). The summed E-state index contributed by atoms with van der Waals surface area (Å²) in [5, 5.41) is 0.455. The zero-order chi connectivity index (χ0) is 10.9. The van der Waals surface area contributed by atoms with E-state index in [-0.39, 0.29) is 0 Å². The van der Waals surface area contributed by atoms with Crippen LogP contribution in [0.3, 0.4) is 0 Å². The number of anilines is 1. The van der Waals surface area contributed by atoms with E-state index in [1.165, 1.54) is 12.8 Å². The molecule has 15 heavy (non-hydrogen) atoms. The first-order valence-corrected chi connectivity index (χ1v) is 5.67. The van der Waals surface area contributed by atoms with E-state index >= 15 is 0 Å². The van der Waals surface area contributed by atoms with Gasteiger partial charge in [-0.1, -0.05) is 25.4 Å². The van der Waals surface area contributed by atoms with Crippen LogP contribution < -0.4 is 4.90 Å². The number of halogens is 1. The summed E-state index contributed by atoms with van der Waals surface area (Å²) in [6.07, 6.45) is 5.77. The summed E-state index contributed by atoms with van der Waals surface area (Å²) in [7, 11) is 0. The lowest BCUT2D eigenvalue weighted by molar-refractivity contribution is 0.279. The smallest absolute Gasteiger partial charge is 0.147 e. The van der Waals surface area contributed by atoms with Crippen LogP contribution in [0.1, 0.15) is 26.7 Å². The van der Waals surface area contributed by atoms with Gasteiger partial charge in [0.1, 0.15) is 11.0 Å². The van der Waals surface area contributed by atoms with Gasteiger partial charge in [-0.25, -0.2) is 9.97 Å². The molecule has 0 unspecified atom stereocenters. The monoisotopic (exact) mass is 225 g/mol. The molecule has 4 heteroatoms. The second kappa shape index (κ2) is 3.97. The predicted molar refractivity (Wildman–Crippen MR) is 62.3 cm³/mol. The molecular formula is C11H16ClN3. The molecule has 1 fully saturated rings. The number of rotatable bonds is 1. The van der Waals surface area contributed by atoms with Gasteiger partial charge in [-0.3, -0.25) is 0 Å². The van der Waals surface area contributed by atoms with Gasteiger partial charge in [0.05, 0.1) is 12.4 Å². The average Bonchev–Trinajstić information content (AvgIpc) is 2.20. The van der Waals surface area contributed by atoms with E-state index in [2.05, 4.69) is 28.7 Å². The first kappa shape index (κ1) is 10.7. The van der Waals surface area contributed by atoms with Crippen molar-refractivity contribution >= 4 is 17.4 Å². The molecule has 1 saturated heterocycles. The van der Waals surface area contributed by atoms with Crippen molar-refractivity contribution in [1.29, 1.82) is 0 Å². The summed E-state index contributed by atoms with van der Waals surface area (Å²) in [6.45, 7) is 6.75. The van der Waals surface area contributed by atoms with E-state index < -0.39 is 0 Å². The Morgan fingerprint density at radius 1 is 1.20 bits per heavy atom.